The van der Waals surface area contributed by atoms with Crippen LogP contribution in [0.1, 0.15) is 11.9 Å². The molecule has 0 saturated carbocycles. The molecule has 100 valence electrons. The van der Waals surface area contributed by atoms with Crippen molar-refractivity contribution in [3.8, 4) is 17.0 Å². The predicted octanol–water partition coefficient (Wildman–Crippen LogP) is 1.43. The van der Waals surface area contributed by atoms with Crippen LogP contribution in [0.25, 0.3) is 11.3 Å². The molecule has 1 aromatic carbocycles. The molecule has 1 unspecified atom stereocenters. The smallest absolute Gasteiger partial charge is 0.328 e. The van der Waals surface area contributed by atoms with E-state index in [9.17, 15) is 4.79 Å². The van der Waals surface area contributed by atoms with Crippen LogP contribution in [0.5, 0.6) is 5.75 Å². The third-order valence-corrected chi connectivity index (χ3v) is 2.80. The van der Waals surface area contributed by atoms with E-state index >= 15 is 0 Å². The average molecular weight is 261 g/mol. The Morgan fingerprint density at radius 1 is 1.47 bits per heavy atom. The van der Waals surface area contributed by atoms with E-state index in [-0.39, 0.29) is 0 Å². The number of rotatable bonds is 5. The topological polar surface area (TPSA) is 87.2 Å². The van der Waals surface area contributed by atoms with Crippen molar-refractivity contribution in [2.45, 2.75) is 6.04 Å². The highest BCUT2D eigenvalue weighted by molar-refractivity contribution is 5.75. The number of carbonyl (C=O) groups is 1. The van der Waals surface area contributed by atoms with E-state index in [0.717, 1.165) is 5.56 Å². The van der Waals surface area contributed by atoms with Crippen molar-refractivity contribution in [1.29, 1.82) is 0 Å². The van der Waals surface area contributed by atoms with Crippen molar-refractivity contribution in [2.75, 3.05) is 14.2 Å². The van der Waals surface area contributed by atoms with Crippen LogP contribution in [0, 0.1) is 0 Å². The molecule has 0 aliphatic heterocycles. The van der Waals surface area contributed by atoms with Crippen LogP contribution in [-0.4, -0.2) is 35.2 Å². The quantitative estimate of drug-likeness (QED) is 0.758. The number of likely N-dealkylation sites (N-methyl/N-ethyl adjacent to an activating group) is 1. The summed E-state index contributed by atoms with van der Waals surface area (Å²) in [5.41, 5.74) is 1.55. The molecule has 0 amide bonds. The Balaban J connectivity index is 2.38. The number of methoxy groups -OCH3 is 1. The first-order chi connectivity index (χ1) is 9.17. The molecule has 0 saturated heterocycles. The van der Waals surface area contributed by atoms with Crippen LogP contribution in [0.4, 0.5) is 0 Å². The number of benzene rings is 1. The summed E-state index contributed by atoms with van der Waals surface area (Å²) in [6.07, 6.45) is 1.60. The summed E-state index contributed by atoms with van der Waals surface area (Å²) in [6.45, 7) is 0. The molecule has 6 heteroatoms. The first-order valence-corrected chi connectivity index (χ1v) is 5.75. The summed E-state index contributed by atoms with van der Waals surface area (Å²) in [6, 6.07) is 6.61. The molecule has 6 nitrogen and oxygen atoms in total. The summed E-state index contributed by atoms with van der Waals surface area (Å²) in [5, 5.41) is 11.7. The lowest BCUT2D eigenvalue weighted by Crippen LogP contribution is -2.26. The van der Waals surface area contributed by atoms with Crippen LogP contribution in [0.15, 0.2) is 30.5 Å². The molecule has 2 rings (SSSR count). The second kappa shape index (κ2) is 5.53. The molecule has 0 aliphatic carbocycles. The van der Waals surface area contributed by atoms with Gasteiger partial charge in [-0.05, 0) is 19.2 Å². The molecule has 1 heterocycles. The second-order valence-electron chi connectivity index (χ2n) is 3.94. The number of para-hydroxylation sites is 1. The number of nitrogens with one attached hydrogen (secondary N) is 2. The van der Waals surface area contributed by atoms with Gasteiger partial charge in [0.25, 0.3) is 0 Å². The summed E-state index contributed by atoms with van der Waals surface area (Å²) < 4.78 is 5.26. The third-order valence-electron chi connectivity index (χ3n) is 2.80. The Hall–Kier alpha value is -2.34. The maximum atomic E-state index is 11.1. The van der Waals surface area contributed by atoms with Gasteiger partial charge in [0, 0.05) is 5.56 Å². The van der Waals surface area contributed by atoms with Gasteiger partial charge in [0.1, 0.15) is 11.6 Å². The van der Waals surface area contributed by atoms with Crippen LogP contribution in [-0.2, 0) is 4.79 Å². The van der Waals surface area contributed by atoms with Gasteiger partial charge >= 0.3 is 5.97 Å². The van der Waals surface area contributed by atoms with Crippen molar-refractivity contribution >= 4 is 5.97 Å². The zero-order chi connectivity index (χ0) is 13.8. The van der Waals surface area contributed by atoms with Gasteiger partial charge in [0.15, 0.2) is 6.04 Å². The van der Waals surface area contributed by atoms with Crippen molar-refractivity contribution < 1.29 is 14.6 Å². The molecule has 0 spiro atoms. The molecule has 1 atom stereocenters. The molecule has 0 fully saturated rings. The Morgan fingerprint density at radius 2 is 2.21 bits per heavy atom. The van der Waals surface area contributed by atoms with Gasteiger partial charge in [-0.15, -0.1) is 0 Å². The maximum Gasteiger partial charge on any atom is 0.328 e. The Kier molecular flexibility index (Phi) is 3.82. The minimum absolute atomic E-state index is 0.357. The van der Waals surface area contributed by atoms with Crippen molar-refractivity contribution in [2.24, 2.45) is 0 Å². The number of ether oxygens (including phenoxy) is 1. The fourth-order valence-electron chi connectivity index (χ4n) is 1.86. The van der Waals surface area contributed by atoms with Crippen molar-refractivity contribution in [1.82, 2.24) is 15.3 Å². The monoisotopic (exact) mass is 261 g/mol. The predicted molar refractivity (Wildman–Crippen MR) is 70.0 cm³/mol. The van der Waals surface area contributed by atoms with E-state index in [1.807, 2.05) is 24.3 Å². The van der Waals surface area contributed by atoms with Crippen LogP contribution < -0.4 is 10.1 Å². The molecule has 0 radical (unpaired) electrons. The van der Waals surface area contributed by atoms with Crippen LogP contribution in [0.3, 0.4) is 0 Å². The number of hydrogen-bond acceptors (Lipinski definition) is 4. The molecule has 0 bridgehead atoms. The first kappa shape index (κ1) is 13.1. The van der Waals surface area contributed by atoms with Gasteiger partial charge in [-0.25, -0.2) is 4.98 Å². The van der Waals surface area contributed by atoms with E-state index in [4.69, 9.17) is 9.84 Å². The summed E-state index contributed by atoms with van der Waals surface area (Å²) in [7, 11) is 3.16. The highest BCUT2D eigenvalue weighted by Crippen LogP contribution is 2.28. The third kappa shape index (κ3) is 2.58. The molecule has 3 N–H and O–H groups in total. The maximum absolute atomic E-state index is 11.1. The number of carboxylic acid groups (broad SMARTS) is 1. The Bertz CT molecular complexity index is 580. The van der Waals surface area contributed by atoms with E-state index in [0.29, 0.717) is 17.3 Å². The van der Waals surface area contributed by atoms with Crippen molar-refractivity contribution in [3.05, 3.63) is 36.3 Å². The molecule has 19 heavy (non-hydrogen) atoms. The lowest BCUT2D eigenvalue weighted by atomic mass is 10.1. The first-order valence-electron chi connectivity index (χ1n) is 5.75. The number of hydrogen-bond donors (Lipinski definition) is 3. The number of imidazole rings is 1. The lowest BCUT2D eigenvalue weighted by Gasteiger charge is -2.08. The Labute approximate surface area is 110 Å². The molecular formula is C13H15N3O3. The highest BCUT2D eigenvalue weighted by Gasteiger charge is 2.21. The molecule has 2 aromatic rings. The SMILES string of the molecule is CNC(C(=O)O)c1ncc(-c2ccccc2OC)[nH]1. The minimum atomic E-state index is -0.983. The van der Waals surface area contributed by atoms with Gasteiger partial charge in [0.2, 0.25) is 0 Å². The number of aliphatic carboxylic acids is 1. The largest absolute Gasteiger partial charge is 0.496 e. The zero-order valence-electron chi connectivity index (χ0n) is 10.7. The molecular weight excluding hydrogens is 246 g/mol. The normalized spacial score (nSPS) is 12.1. The second-order valence-corrected chi connectivity index (χ2v) is 3.94. The molecule has 0 aliphatic rings. The van der Waals surface area contributed by atoms with E-state index in [1.165, 1.54) is 0 Å². The number of carboxylic acids is 1. The van der Waals surface area contributed by atoms with Gasteiger partial charge in [0.05, 0.1) is 19.0 Å². The fourth-order valence-corrected chi connectivity index (χ4v) is 1.86. The summed E-state index contributed by atoms with van der Waals surface area (Å²) in [4.78, 5) is 18.2. The number of aromatic nitrogens is 2. The van der Waals surface area contributed by atoms with Gasteiger partial charge in [-0.3, -0.25) is 4.79 Å². The number of nitrogens with zero attached hydrogens (tertiary/aromatic N) is 1. The van der Waals surface area contributed by atoms with E-state index in [1.54, 1.807) is 20.4 Å². The molecule has 1 aromatic heterocycles. The number of H-pyrrole nitrogens is 1. The van der Waals surface area contributed by atoms with Crippen LogP contribution in [0.2, 0.25) is 0 Å². The standard InChI is InChI=1S/C13H15N3O3/c1-14-11(13(17)18)12-15-7-9(16-12)8-5-3-4-6-10(8)19-2/h3-7,11,14H,1-2H3,(H,15,16)(H,17,18). The van der Waals surface area contributed by atoms with Crippen molar-refractivity contribution in [3.63, 3.8) is 0 Å². The van der Waals surface area contributed by atoms with E-state index in [2.05, 4.69) is 15.3 Å². The van der Waals surface area contributed by atoms with Gasteiger partial charge < -0.3 is 20.1 Å². The minimum Gasteiger partial charge on any atom is -0.496 e. The fraction of sp³-hybridized carbons (Fsp3) is 0.231. The summed E-state index contributed by atoms with van der Waals surface area (Å²) >= 11 is 0. The van der Waals surface area contributed by atoms with Gasteiger partial charge in [-0.1, -0.05) is 12.1 Å². The zero-order valence-corrected chi connectivity index (χ0v) is 10.7. The average Bonchev–Trinajstić information content (AvgIpc) is 2.88. The van der Waals surface area contributed by atoms with Crippen LogP contribution >= 0.6 is 0 Å². The summed E-state index contributed by atoms with van der Waals surface area (Å²) in [5.74, 6) is 0.0772. The van der Waals surface area contributed by atoms with Gasteiger partial charge in [-0.2, -0.15) is 0 Å². The highest BCUT2D eigenvalue weighted by atomic mass is 16.5. The lowest BCUT2D eigenvalue weighted by molar-refractivity contribution is -0.139. The Morgan fingerprint density at radius 3 is 2.84 bits per heavy atom. The van der Waals surface area contributed by atoms with E-state index < -0.39 is 12.0 Å². The number of aromatic amines is 1.